The number of fused-ring (bicyclic) bond motifs is 1. The largest absolute Gasteiger partial charge is 0.497 e. The maximum atomic E-state index is 13.1. The van der Waals surface area contributed by atoms with Crippen molar-refractivity contribution in [3.05, 3.63) is 68.7 Å². The topological polar surface area (TPSA) is 78.0 Å². The van der Waals surface area contributed by atoms with Crippen molar-refractivity contribution in [1.29, 1.82) is 0 Å². The number of methoxy groups -OCH3 is 2. The average molecular weight is 470 g/mol. The molecule has 32 heavy (non-hydrogen) atoms. The molecule has 0 fully saturated rings. The molecule has 0 aliphatic carbocycles. The van der Waals surface area contributed by atoms with Crippen molar-refractivity contribution in [2.75, 3.05) is 14.2 Å². The van der Waals surface area contributed by atoms with Crippen LogP contribution in [-0.4, -0.2) is 34.2 Å². The van der Waals surface area contributed by atoms with E-state index in [9.17, 15) is 9.90 Å². The highest BCUT2D eigenvalue weighted by Crippen LogP contribution is 2.48. The average Bonchev–Trinajstić information content (AvgIpc) is 3.00. The van der Waals surface area contributed by atoms with Gasteiger partial charge >= 0.3 is 0 Å². The minimum atomic E-state index is -0.384. The fourth-order valence-electron chi connectivity index (χ4n) is 3.72. The number of ether oxygens (including phenoxy) is 2. The van der Waals surface area contributed by atoms with Gasteiger partial charge in [-0.05, 0) is 42.5 Å². The first-order valence-electron chi connectivity index (χ1n) is 9.90. The van der Waals surface area contributed by atoms with Crippen molar-refractivity contribution in [2.45, 2.75) is 16.6 Å². The molecular weight excluding hydrogens is 446 g/mol. The van der Waals surface area contributed by atoms with Gasteiger partial charge in [-0.1, -0.05) is 12.1 Å². The highest BCUT2D eigenvalue weighted by atomic mass is 32.2. The van der Waals surface area contributed by atoms with E-state index in [1.807, 2.05) is 42.5 Å². The van der Waals surface area contributed by atoms with Crippen molar-refractivity contribution in [2.24, 2.45) is 19.1 Å². The molecule has 3 aromatic rings. The van der Waals surface area contributed by atoms with Crippen molar-refractivity contribution in [3.63, 3.8) is 0 Å². The molecule has 1 aromatic heterocycles. The number of para-hydroxylation sites is 1. The van der Waals surface area contributed by atoms with Gasteiger partial charge in [0.15, 0.2) is 4.77 Å². The third-order valence-electron chi connectivity index (χ3n) is 5.47. The Hall–Kier alpha value is -3.04. The summed E-state index contributed by atoms with van der Waals surface area (Å²) < 4.78 is 14.1. The second-order valence-corrected chi connectivity index (χ2v) is 8.96. The molecule has 2 aromatic carbocycles. The summed E-state index contributed by atoms with van der Waals surface area (Å²) in [6.07, 6.45) is 0.391. The Balaban J connectivity index is 1.95. The fraction of sp³-hybridized carbons (Fsp3) is 0.261. The molecule has 1 N–H and O–H groups in total. The van der Waals surface area contributed by atoms with Crippen molar-refractivity contribution < 1.29 is 14.6 Å². The van der Waals surface area contributed by atoms with Crippen LogP contribution in [0.5, 0.6) is 17.4 Å². The standard InChI is InChI=1S/C23H23N3O4S2/c1-25-21(27)20(22(28)26(2)23(25)31)16-12-19(32-18-8-6-5-7-15(18)24-16)14-11-13(29-3)9-10-17(14)30-4/h5-11,19,27H,12H2,1-4H3/t19-/m0/s1. The summed E-state index contributed by atoms with van der Waals surface area (Å²) in [5.74, 6) is 1.22. The molecule has 4 rings (SSSR count). The van der Waals surface area contributed by atoms with E-state index >= 15 is 0 Å². The fourth-order valence-corrected chi connectivity index (χ4v) is 5.14. The Bertz CT molecular complexity index is 1340. The SMILES string of the molecule is COc1ccc(OC)c([C@@H]2CC(c3c(O)n(C)c(=S)n(C)c3=O)=Nc3ccccc3S2)c1. The highest BCUT2D eigenvalue weighted by molar-refractivity contribution is 7.99. The molecule has 1 aliphatic rings. The zero-order valence-corrected chi connectivity index (χ0v) is 19.8. The van der Waals surface area contributed by atoms with Gasteiger partial charge in [-0.25, -0.2) is 0 Å². The van der Waals surface area contributed by atoms with Crippen LogP contribution in [0.25, 0.3) is 0 Å². The van der Waals surface area contributed by atoms with Crippen molar-refractivity contribution in [3.8, 4) is 17.4 Å². The molecule has 1 aliphatic heterocycles. The van der Waals surface area contributed by atoms with Crippen LogP contribution in [-0.2, 0) is 14.1 Å². The molecule has 0 amide bonds. The molecule has 2 heterocycles. The summed E-state index contributed by atoms with van der Waals surface area (Å²) in [4.78, 5) is 18.9. The zero-order valence-electron chi connectivity index (χ0n) is 18.2. The molecule has 7 nitrogen and oxygen atoms in total. The number of aliphatic imine (C=N–C) groups is 1. The Morgan fingerprint density at radius 3 is 2.59 bits per heavy atom. The summed E-state index contributed by atoms with van der Waals surface area (Å²) in [6, 6.07) is 13.4. The Morgan fingerprint density at radius 2 is 1.88 bits per heavy atom. The van der Waals surface area contributed by atoms with Crippen LogP contribution < -0.4 is 15.0 Å². The number of nitrogens with zero attached hydrogens (tertiary/aromatic N) is 3. The predicted molar refractivity (Wildman–Crippen MR) is 129 cm³/mol. The molecule has 0 saturated carbocycles. The molecule has 0 bridgehead atoms. The van der Waals surface area contributed by atoms with Crippen LogP contribution >= 0.6 is 24.0 Å². The minimum absolute atomic E-state index is 0.139. The van der Waals surface area contributed by atoms with Crippen LogP contribution in [0.15, 0.2) is 57.1 Å². The molecule has 0 radical (unpaired) electrons. The van der Waals surface area contributed by atoms with E-state index in [1.54, 1.807) is 40.1 Å². The lowest BCUT2D eigenvalue weighted by Crippen LogP contribution is -2.29. The maximum Gasteiger partial charge on any atom is 0.267 e. The molecule has 0 saturated heterocycles. The van der Waals surface area contributed by atoms with E-state index in [4.69, 9.17) is 26.7 Å². The van der Waals surface area contributed by atoms with E-state index in [-0.39, 0.29) is 27.0 Å². The molecule has 0 unspecified atom stereocenters. The van der Waals surface area contributed by atoms with Crippen LogP contribution in [0.4, 0.5) is 5.69 Å². The first-order valence-corrected chi connectivity index (χ1v) is 11.2. The first kappa shape index (κ1) is 22.2. The summed E-state index contributed by atoms with van der Waals surface area (Å²) in [5, 5.41) is 10.7. The quantitative estimate of drug-likeness (QED) is 0.566. The van der Waals surface area contributed by atoms with E-state index in [0.717, 1.165) is 16.1 Å². The van der Waals surface area contributed by atoms with E-state index in [1.165, 1.54) is 9.13 Å². The zero-order chi connectivity index (χ0) is 23.0. The van der Waals surface area contributed by atoms with Gasteiger partial charge in [0.25, 0.3) is 5.56 Å². The molecule has 166 valence electrons. The number of aromatic nitrogens is 2. The van der Waals surface area contributed by atoms with Crippen molar-refractivity contribution >= 4 is 35.4 Å². The highest BCUT2D eigenvalue weighted by Gasteiger charge is 2.29. The number of thioether (sulfide) groups is 1. The van der Waals surface area contributed by atoms with Crippen LogP contribution in [0.1, 0.15) is 22.8 Å². The van der Waals surface area contributed by atoms with Gasteiger partial charge in [0.2, 0.25) is 5.88 Å². The van der Waals surface area contributed by atoms with E-state index in [2.05, 4.69) is 0 Å². The molecule has 9 heteroatoms. The van der Waals surface area contributed by atoms with Gasteiger partial charge < -0.3 is 14.6 Å². The first-order chi connectivity index (χ1) is 15.3. The molecular formula is C23H23N3O4S2. The van der Waals surface area contributed by atoms with Crippen LogP contribution in [0.2, 0.25) is 0 Å². The Kier molecular flexibility index (Phi) is 6.12. The second kappa shape index (κ2) is 8.84. The van der Waals surface area contributed by atoms with Crippen molar-refractivity contribution in [1.82, 2.24) is 9.13 Å². The van der Waals surface area contributed by atoms with Gasteiger partial charge in [0.1, 0.15) is 17.1 Å². The molecule has 1 atom stereocenters. The summed E-state index contributed by atoms with van der Waals surface area (Å²) in [7, 11) is 6.46. The summed E-state index contributed by atoms with van der Waals surface area (Å²) in [5.41, 5.74) is 1.91. The summed E-state index contributed by atoms with van der Waals surface area (Å²) in [6.45, 7) is 0. The monoisotopic (exact) mass is 469 g/mol. The Labute approximate surface area is 195 Å². The third kappa shape index (κ3) is 3.82. The normalized spacial score (nSPS) is 15.5. The number of hydrogen-bond donors (Lipinski definition) is 1. The van der Waals surface area contributed by atoms with Gasteiger partial charge in [0, 0.05) is 36.2 Å². The lowest BCUT2D eigenvalue weighted by Gasteiger charge is -2.20. The molecule has 0 spiro atoms. The number of hydrogen-bond acceptors (Lipinski definition) is 7. The Morgan fingerprint density at radius 1 is 1.12 bits per heavy atom. The predicted octanol–water partition coefficient (Wildman–Crippen LogP) is 4.53. The van der Waals surface area contributed by atoms with Crippen LogP contribution in [0.3, 0.4) is 0 Å². The van der Waals surface area contributed by atoms with Gasteiger partial charge in [-0.3, -0.25) is 18.9 Å². The lowest BCUT2D eigenvalue weighted by atomic mass is 10.0. The third-order valence-corrected chi connectivity index (χ3v) is 7.33. The number of aromatic hydroxyl groups is 1. The van der Waals surface area contributed by atoms with Gasteiger partial charge in [-0.15, -0.1) is 11.8 Å². The van der Waals surface area contributed by atoms with Crippen LogP contribution in [0, 0.1) is 4.77 Å². The van der Waals surface area contributed by atoms with E-state index in [0.29, 0.717) is 23.6 Å². The minimum Gasteiger partial charge on any atom is -0.497 e. The lowest BCUT2D eigenvalue weighted by molar-refractivity contribution is 0.398. The van der Waals surface area contributed by atoms with Gasteiger partial charge in [-0.2, -0.15) is 0 Å². The number of benzene rings is 2. The number of rotatable bonds is 4. The second-order valence-electron chi connectivity index (χ2n) is 7.35. The maximum absolute atomic E-state index is 13.1. The van der Waals surface area contributed by atoms with Gasteiger partial charge in [0.05, 0.1) is 25.6 Å². The summed E-state index contributed by atoms with van der Waals surface area (Å²) >= 11 is 6.91. The van der Waals surface area contributed by atoms with E-state index < -0.39 is 0 Å². The smallest absolute Gasteiger partial charge is 0.267 e.